The van der Waals surface area contributed by atoms with Crippen molar-refractivity contribution in [2.45, 2.75) is 19.0 Å². The molecule has 0 spiro atoms. The molecule has 0 aliphatic carbocycles. The second-order valence-corrected chi connectivity index (χ2v) is 7.17. The summed E-state index contributed by atoms with van der Waals surface area (Å²) in [6.45, 7) is 3.76. The van der Waals surface area contributed by atoms with E-state index in [-0.39, 0.29) is 17.5 Å². The van der Waals surface area contributed by atoms with Gasteiger partial charge in [0.05, 0.1) is 21.5 Å². The quantitative estimate of drug-likeness (QED) is 0.647. The Bertz CT molecular complexity index is 944. The van der Waals surface area contributed by atoms with Gasteiger partial charge in [0.25, 0.3) is 0 Å². The molecule has 2 aromatic heterocycles. The van der Waals surface area contributed by atoms with Crippen molar-refractivity contribution in [1.29, 1.82) is 0 Å². The van der Waals surface area contributed by atoms with Crippen LogP contribution >= 0.6 is 35.0 Å². The molecule has 3 aromatic rings. The fraction of sp³-hybridized carbons (Fsp3) is 0.188. The molecule has 0 saturated heterocycles. The summed E-state index contributed by atoms with van der Waals surface area (Å²) in [6.07, 6.45) is 1.45. The summed E-state index contributed by atoms with van der Waals surface area (Å²) < 4.78 is 1.58. The Labute approximate surface area is 164 Å². The molecular weight excluding hydrogens is 395 g/mol. The van der Waals surface area contributed by atoms with E-state index in [2.05, 4.69) is 25.8 Å². The molecule has 134 valence electrons. The topological polar surface area (TPSA) is 85.6 Å². The van der Waals surface area contributed by atoms with Gasteiger partial charge in [0.2, 0.25) is 11.1 Å². The van der Waals surface area contributed by atoms with E-state index in [4.69, 9.17) is 23.2 Å². The van der Waals surface area contributed by atoms with Crippen molar-refractivity contribution in [3.05, 3.63) is 51.6 Å². The van der Waals surface area contributed by atoms with Gasteiger partial charge in [-0.2, -0.15) is 4.68 Å². The lowest BCUT2D eigenvalue weighted by molar-refractivity contribution is -0.113. The van der Waals surface area contributed by atoms with Crippen molar-refractivity contribution in [1.82, 2.24) is 25.2 Å². The number of hydrogen-bond donors (Lipinski definition) is 1. The molecule has 2 heterocycles. The highest BCUT2D eigenvalue weighted by atomic mass is 35.5. The zero-order chi connectivity index (χ0) is 18.7. The molecule has 1 aromatic carbocycles. The lowest BCUT2D eigenvalue weighted by Gasteiger charge is -2.09. The molecule has 0 bridgehead atoms. The van der Waals surface area contributed by atoms with Gasteiger partial charge >= 0.3 is 0 Å². The van der Waals surface area contributed by atoms with E-state index >= 15 is 0 Å². The van der Waals surface area contributed by atoms with Gasteiger partial charge in [0, 0.05) is 6.20 Å². The van der Waals surface area contributed by atoms with Gasteiger partial charge in [-0.3, -0.25) is 4.79 Å². The summed E-state index contributed by atoms with van der Waals surface area (Å²) in [4.78, 5) is 16.3. The summed E-state index contributed by atoms with van der Waals surface area (Å²) in [6, 6.07) is 7.76. The van der Waals surface area contributed by atoms with Gasteiger partial charge in [-0.15, -0.1) is 5.10 Å². The molecule has 3 rings (SSSR count). The molecule has 10 heteroatoms. The lowest BCUT2D eigenvalue weighted by atomic mass is 10.2. The number of aromatic nitrogens is 5. The number of carbonyl (C=O) groups excluding carboxylic acids is 1. The fourth-order valence-electron chi connectivity index (χ4n) is 2.06. The average Bonchev–Trinajstić information content (AvgIpc) is 3.10. The van der Waals surface area contributed by atoms with Crippen LogP contribution in [0.1, 0.15) is 11.1 Å². The third-order valence-corrected chi connectivity index (χ3v) is 5.27. The number of pyridine rings is 1. The van der Waals surface area contributed by atoms with E-state index in [1.807, 2.05) is 31.2 Å². The Morgan fingerprint density at radius 3 is 2.69 bits per heavy atom. The minimum atomic E-state index is -0.274. The van der Waals surface area contributed by atoms with Crippen molar-refractivity contribution in [2.24, 2.45) is 0 Å². The Morgan fingerprint density at radius 2 is 1.96 bits per heavy atom. The van der Waals surface area contributed by atoms with Gasteiger partial charge in [-0.1, -0.05) is 52.7 Å². The number of hydrogen-bond acceptors (Lipinski definition) is 6. The minimum Gasteiger partial charge on any atom is -0.309 e. The van der Waals surface area contributed by atoms with Crippen molar-refractivity contribution < 1.29 is 4.79 Å². The van der Waals surface area contributed by atoms with Crippen molar-refractivity contribution in [3.63, 3.8) is 0 Å². The Morgan fingerprint density at radius 1 is 1.23 bits per heavy atom. The van der Waals surface area contributed by atoms with Gasteiger partial charge in [-0.25, -0.2) is 4.98 Å². The normalized spacial score (nSPS) is 10.8. The van der Waals surface area contributed by atoms with Crippen molar-refractivity contribution in [3.8, 4) is 5.69 Å². The van der Waals surface area contributed by atoms with E-state index in [0.717, 1.165) is 11.3 Å². The van der Waals surface area contributed by atoms with Crippen LogP contribution in [0.2, 0.25) is 10.0 Å². The van der Waals surface area contributed by atoms with Crippen LogP contribution in [0.3, 0.4) is 0 Å². The van der Waals surface area contributed by atoms with Crippen molar-refractivity contribution in [2.75, 3.05) is 11.1 Å². The highest BCUT2D eigenvalue weighted by Crippen LogP contribution is 2.28. The number of anilines is 1. The van der Waals surface area contributed by atoms with E-state index in [1.165, 1.54) is 18.0 Å². The molecule has 7 nitrogen and oxygen atoms in total. The summed E-state index contributed by atoms with van der Waals surface area (Å²) in [5, 5.41) is 15.6. The van der Waals surface area contributed by atoms with E-state index in [9.17, 15) is 4.79 Å². The molecule has 1 amide bonds. The smallest absolute Gasteiger partial charge is 0.236 e. The molecule has 0 unspecified atom stereocenters. The number of nitrogens with one attached hydrogen (secondary N) is 1. The number of thioether (sulfide) groups is 1. The van der Waals surface area contributed by atoms with Crippen LogP contribution in [0.5, 0.6) is 0 Å². The minimum absolute atomic E-state index is 0.103. The largest absolute Gasteiger partial charge is 0.309 e. The first kappa shape index (κ1) is 18.6. The molecular formula is C16H14Cl2N6OS. The highest BCUT2D eigenvalue weighted by molar-refractivity contribution is 7.99. The van der Waals surface area contributed by atoms with Gasteiger partial charge in [0.15, 0.2) is 5.82 Å². The van der Waals surface area contributed by atoms with Crippen molar-refractivity contribution >= 4 is 46.7 Å². The molecule has 0 atom stereocenters. The van der Waals surface area contributed by atoms with Gasteiger partial charge in [-0.05, 0) is 42.0 Å². The Hall–Kier alpha value is -2.16. The summed E-state index contributed by atoms with van der Waals surface area (Å²) in [5.74, 6) is 0.105. The number of benzene rings is 1. The number of tetrazole rings is 1. The molecule has 0 aliphatic heterocycles. The van der Waals surface area contributed by atoms with Crippen LogP contribution in [0.4, 0.5) is 5.82 Å². The van der Waals surface area contributed by atoms with E-state index in [0.29, 0.717) is 20.8 Å². The maximum atomic E-state index is 12.2. The van der Waals surface area contributed by atoms with Crippen LogP contribution in [-0.4, -0.2) is 36.9 Å². The second kappa shape index (κ2) is 8.03. The molecule has 26 heavy (non-hydrogen) atoms. The summed E-state index contributed by atoms with van der Waals surface area (Å²) in [5.41, 5.74) is 2.62. The maximum Gasteiger partial charge on any atom is 0.236 e. The monoisotopic (exact) mass is 408 g/mol. The van der Waals surface area contributed by atoms with E-state index < -0.39 is 0 Å². The predicted octanol–water partition coefficient (Wildman–Crippen LogP) is 3.71. The van der Waals surface area contributed by atoms with Gasteiger partial charge in [0.1, 0.15) is 0 Å². The Kier molecular flexibility index (Phi) is 5.75. The Balaban J connectivity index is 1.67. The molecule has 0 radical (unpaired) electrons. The molecule has 0 aliphatic rings. The number of halogens is 2. The van der Waals surface area contributed by atoms with E-state index in [1.54, 1.807) is 11.6 Å². The third-order valence-electron chi connectivity index (χ3n) is 3.51. The second-order valence-electron chi connectivity index (χ2n) is 5.44. The number of amides is 1. The number of aryl methyl sites for hydroxylation is 1. The zero-order valence-electron chi connectivity index (χ0n) is 13.9. The molecule has 0 fully saturated rings. The third kappa shape index (κ3) is 4.14. The first-order chi connectivity index (χ1) is 12.5. The molecule has 1 N–H and O–H groups in total. The van der Waals surface area contributed by atoms with Crippen LogP contribution in [0, 0.1) is 13.8 Å². The van der Waals surface area contributed by atoms with Gasteiger partial charge < -0.3 is 5.32 Å². The predicted molar refractivity (Wildman–Crippen MR) is 102 cm³/mol. The standard InChI is InChI=1S/C16H14Cl2N6OS/c1-9-3-5-11(6-4-9)24-16(21-22-23-24)26-8-13(25)20-15-14(18)10(2)12(17)7-19-15/h3-7H,8H2,1-2H3,(H,19,20,25). The zero-order valence-corrected chi connectivity index (χ0v) is 16.2. The summed E-state index contributed by atoms with van der Waals surface area (Å²) in [7, 11) is 0. The maximum absolute atomic E-state index is 12.2. The summed E-state index contributed by atoms with van der Waals surface area (Å²) >= 11 is 13.3. The number of carbonyl (C=O) groups is 1. The SMILES string of the molecule is Cc1ccc(-n2nnnc2SCC(=O)Nc2ncc(Cl)c(C)c2Cl)cc1. The number of rotatable bonds is 5. The first-order valence-corrected chi connectivity index (χ1v) is 9.28. The fourth-order valence-corrected chi connectivity index (χ4v) is 3.14. The van der Waals surface area contributed by atoms with Crippen LogP contribution in [-0.2, 0) is 4.79 Å². The van der Waals surface area contributed by atoms with Crippen LogP contribution in [0.15, 0.2) is 35.6 Å². The lowest BCUT2D eigenvalue weighted by Crippen LogP contribution is -2.16. The van der Waals surface area contributed by atoms with Crippen LogP contribution < -0.4 is 5.32 Å². The van der Waals surface area contributed by atoms with Crippen LogP contribution in [0.25, 0.3) is 5.69 Å². The average molecular weight is 409 g/mol. The number of nitrogens with zero attached hydrogens (tertiary/aromatic N) is 5. The molecule has 0 saturated carbocycles. The highest BCUT2D eigenvalue weighted by Gasteiger charge is 2.14. The first-order valence-electron chi connectivity index (χ1n) is 7.54.